The molecule has 0 radical (unpaired) electrons. The molecule has 0 saturated heterocycles. The summed E-state index contributed by atoms with van der Waals surface area (Å²) in [4.78, 5) is 0. The summed E-state index contributed by atoms with van der Waals surface area (Å²) in [5, 5.41) is 2.39. The van der Waals surface area contributed by atoms with Crippen LogP contribution in [0.25, 0.3) is 0 Å². The summed E-state index contributed by atoms with van der Waals surface area (Å²) in [6, 6.07) is 0. The van der Waals surface area contributed by atoms with Crippen molar-refractivity contribution < 1.29 is 4.21 Å². The van der Waals surface area contributed by atoms with E-state index >= 15 is 0 Å². The minimum atomic E-state index is 0.341. The quantitative estimate of drug-likeness (QED) is 0.314. The zero-order valence-electron chi connectivity index (χ0n) is 4.94. The number of hydrogen-bond acceptors (Lipinski definition) is 1. The zero-order chi connectivity index (χ0) is 6.24. The first-order chi connectivity index (χ1) is 3.91. The van der Waals surface area contributed by atoms with E-state index < -0.39 is 0 Å². The van der Waals surface area contributed by atoms with E-state index in [1.54, 1.807) is 0 Å². The molecule has 0 aliphatic carbocycles. The molecule has 0 aromatic rings. The summed E-state index contributed by atoms with van der Waals surface area (Å²) in [5.41, 5.74) is 0. The van der Waals surface area contributed by atoms with Crippen LogP contribution in [0.5, 0.6) is 0 Å². The van der Waals surface area contributed by atoms with Crippen molar-refractivity contribution in [2.24, 2.45) is 0 Å². The molecule has 0 fully saturated rings. The predicted molar refractivity (Wildman–Crippen MR) is 35.4 cm³/mol. The Labute approximate surface area is 54.0 Å². The van der Waals surface area contributed by atoms with E-state index in [9.17, 15) is 4.21 Å². The lowest BCUT2D eigenvalue weighted by atomic mass is 10.3. The molecule has 0 amide bonds. The molecule has 0 N–H and O–H groups in total. The van der Waals surface area contributed by atoms with Gasteiger partial charge in [-0.05, 0) is 12.3 Å². The van der Waals surface area contributed by atoms with E-state index in [1.165, 1.54) is 0 Å². The second kappa shape index (κ2) is 6.58. The Morgan fingerprint density at radius 1 is 1.62 bits per heavy atom. The van der Waals surface area contributed by atoms with Crippen LogP contribution < -0.4 is 0 Å². The van der Waals surface area contributed by atoms with Crippen molar-refractivity contribution >= 4 is 11.7 Å². The third-order valence-electron chi connectivity index (χ3n) is 0.769. The van der Waals surface area contributed by atoms with Gasteiger partial charge in [-0.15, -0.1) is 0 Å². The lowest BCUT2D eigenvalue weighted by Crippen LogP contribution is -1.65. The Balaban J connectivity index is 3.02. The van der Waals surface area contributed by atoms with Gasteiger partial charge < -0.3 is 0 Å². The van der Waals surface area contributed by atoms with Crippen LogP contribution in [-0.4, -0.2) is 0 Å². The first kappa shape index (κ1) is 7.58. The van der Waals surface area contributed by atoms with Crippen molar-refractivity contribution in [3.63, 3.8) is 0 Å². The van der Waals surface area contributed by atoms with Crippen LogP contribution >= 0.6 is 0 Å². The van der Waals surface area contributed by atoms with Gasteiger partial charge in [-0.1, -0.05) is 13.3 Å². The molecule has 44 valence electrons. The van der Waals surface area contributed by atoms with Crippen LogP contribution in [0.3, 0.4) is 0 Å². The molecule has 0 rings (SSSR count). The van der Waals surface area contributed by atoms with E-state index in [0.29, 0.717) is 11.7 Å². The normalized spacial score (nSPS) is 7.12. The van der Waals surface area contributed by atoms with Gasteiger partial charge in [-0.3, -0.25) is 0 Å². The Kier molecular flexibility index (Phi) is 6.23. The molecule has 2 heteroatoms. The molecule has 8 heavy (non-hydrogen) atoms. The maximum Gasteiger partial charge on any atom is 0.568 e. The highest BCUT2D eigenvalue weighted by molar-refractivity contribution is 7.70. The van der Waals surface area contributed by atoms with Gasteiger partial charge in [0.15, 0.2) is 0 Å². The molecule has 0 aliphatic rings. The summed E-state index contributed by atoms with van der Waals surface area (Å²) in [7, 11) is 0. The summed E-state index contributed by atoms with van der Waals surface area (Å²) in [5.74, 6) is 2.74. The van der Waals surface area contributed by atoms with Crippen molar-refractivity contribution in [1.29, 1.82) is 0 Å². The molecule has 0 saturated carbocycles. The minimum absolute atomic E-state index is 0.341. The fourth-order valence-electron chi connectivity index (χ4n) is 0.346. The van der Waals surface area contributed by atoms with Crippen LogP contribution in [0.1, 0.15) is 26.2 Å². The van der Waals surface area contributed by atoms with Gasteiger partial charge in [0.2, 0.25) is 0 Å². The average Bonchev–Trinajstić information content (AvgIpc) is 1.81. The molecule has 0 aliphatic heterocycles. The van der Waals surface area contributed by atoms with Crippen molar-refractivity contribution in [3.8, 4) is 11.2 Å². The standard InChI is InChI=1S/C6H9OS/c1-2-3-4-5-6-8-7/h2-4H2,1H3/q+1. The summed E-state index contributed by atoms with van der Waals surface area (Å²) < 4.78 is 9.64. The second-order valence-corrected chi connectivity index (χ2v) is 1.84. The molecular formula is C6H9OS+. The molecular weight excluding hydrogens is 120 g/mol. The highest BCUT2D eigenvalue weighted by Gasteiger charge is 1.81. The third kappa shape index (κ3) is 5.58. The van der Waals surface area contributed by atoms with Crippen LogP contribution in [0.4, 0.5) is 0 Å². The molecule has 0 atom stereocenters. The van der Waals surface area contributed by atoms with Gasteiger partial charge in [0, 0.05) is 6.42 Å². The van der Waals surface area contributed by atoms with Crippen LogP contribution in [-0.2, 0) is 15.9 Å². The molecule has 0 spiro atoms. The Morgan fingerprint density at radius 3 is 2.88 bits per heavy atom. The summed E-state index contributed by atoms with van der Waals surface area (Å²) >= 11 is 0.341. The number of rotatable bonds is 2. The van der Waals surface area contributed by atoms with E-state index in [4.69, 9.17) is 0 Å². The Bertz CT molecular complexity index is 109. The van der Waals surface area contributed by atoms with Gasteiger partial charge in [-0.25, -0.2) is 0 Å². The van der Waals surface area contributed by atoms with Gasteiger partial charge in [0.05, 0.1) is 4.21 Å². The maximum atomic E-state index is 9.64. The lowest BCUT2D eigenvalue weighted by Gasteiger charge is -1.78. The van der Waals surface area contributed by atoms with Gasteiger partial charge >= 0.3 is 11.7 Å². The Hall–Kier alpha value is -0.420. The molecule has 0 heterocycles. The minimum Gasteiger partial charge on any atom is -0.0653 e. The number of unbranched alkanes of at least 4 members (excludes halogenated alkanes) is 2. The van der Waals surface area contributed by atoms with E-state index in [1.807, 2.05) is 0 Å². The molecule has 0 bridgehead atoms. The van der Waals surface area contributed by atoms with Crippen LogP contribution in [0.15, 0.2) is 0 Å². The van der Waals surface area contributed by atoms with Gasteiger partial charge in [-0.2, -0.15) is 0 Å². The van der Waals surface area contributed by atoms with E-state index in [-0.39, 0.29) is 0 Å². The van der Waals surface area contributed by atoms with Crippen molar-refractivity contribution in [1.82, 2.24) is 0 Å². The fourth-order valence-corrected chi connectivity index (χ4v) is 0.507. The Morgan fingerprint density at radius 2 is 2.38 bits per heavy atom. The average molecular weight is 129 g/mol. The first-order valence-electron chi connectivity index (χ1n) is 2.68. The third-order valence-corrected chi connectivity index (χ3v) is 0.997. The van der Waals surface area contributed by atoms with Crippen LogP contribution in [0.2, 0.25) is 0 Å². The van der Waals surface area contributed by atoms with E-state index in [0.717, 1.165) is 19.3 Å². The summed E-state index contributed by atoms with van der Waals surface area (Å²) in [6.07, 6.45) is 3.12. The number of hydrogen-bond donors (Lipinski definition) is 0. The smallest absolute Gasteiger partial charge is 0.0653 e. The fraction of sp³-hybridized carbons (Fsp3) is 0.667. The molecule has 1 nitrogen and oxygen atoms in total. The highest BCUT2D eigenvalue weighted by atomic mass is 32.1. The molecule has 0 unspecified atom stereocenters. The van der Waals surface area contributed by atoms with Crippen molar-refractivity contribution in [2.45, 2.75) is 26.2 Å². The van der Waals surface area contributed by atoms with Crippen molar-refractivity contribution in [2.75, 3.05) is 0 Å². The zero-order valence-corrected chi connectivity index (χ0v) is 5.75. The monoisotopic (exact) mass is 129 g/mol. The van der Waals surface area contributed by atoms with E-state index in [2.05, 4.69) is 18.1 Å². The SMILES string of the molecule is CCCCC#C[S+]=O. The molecule has 0 aromatic carbocycles. The first-order valence-corrected chi connectivity index (χ1v) is 3.42. The highest BCUT2D eigenvalue weighted by Crippen LogP contribution is 1.89. The second-order valence-electron chi connectivity index (χ2n) is 1.47. The predicted octanol–water partition coefficient (Wildman–Crippen LogP) is 1.57. The van der Waals surface area contributed by atoms with Gasteiger partial charge in [0.25, 0.3) is 5.25 Å². The van der Waals surface area contributed by atoms with Crippen molar-refractivity contribution in [3.05, 3.63) is 0 Å². The lowest BCUT2D eigenvalue weighted by molar-refractivity contribution is 0.609. The van der Waals surface area contributed by atoms with Gasteiger partial charge in [0.1, 0.15) is 0 Å². The largest absolute Gasteiger partial charge is 0.568 e. The van der Waals surface area contributed by atoms with Crippen LogP contribution in [0, 0.1) is 11.2 Å². The molecule has 0 aromatic heterocycles. The maximum absolute atomic E-state index is 9.64. The summed E-state index contributed by atoms with van der Waals surface area (Å²) in [6.45, 7) is 2.10. The topological polar surface area (TPSA) is 17.1 Å².